The summed E-state index contributed by atoms with van der Waals surface area (Å²) in [4.78, 5) is 0. The number of ether oxygens (including phenoxy) is 2. The molecule has 6 N–H and O–H groups in total. The molecule has 0 saturated carbocycles. The maximum absolute atomic E-state index is 14.9. The van der Waals surface area contributed by atoms with Gasteiger partial charge in [0.2, 0.25) is 5.41 Å². The molecule has 0 fully saturated rings. The number of nitrogens with two attached hydrogens (primary N) is 3. The third-order valence-electron chi connectivity index (χ3n) is 7.69. The fraction of sp³-hybridized carbons (Fsp3) is 0.167. The van der Waals surface area contributed by atoms with Crippen LogP contribution in [0, 0.1) is 0 Å². The van der Waals surface area contributed by atoms with E-state index in [-0.39, 0.29) is 17.2 Å². The number of para-hydroxylation sites is 2. The molecule has 53 heavy (non-hydrogen) atoms. The van der Waals surface area contributed by atoms with Gasteiger partial charge in [0, 0.05) is 33.8 Å². The molecule has 0 radical (unpaired) electrons. The van der Waals surface area contributed by atoms with Crippen molar-refractivity contribution >= 4 is 17.1 Å². The van der Waals surface area contributed by atoms with Crippen molar-refractivity contribution in [1.29, 1.82) is 0 Å². The third-order valence-corrected chi connectivity index (χ3v) is 7.69. The second-order valence-corrected chi connectivity index (χ2v) is 11.2. The maximum Gasteiger partial charge on any atom is 0.432 e. The molecule has 1 unspecified atom stereocenters. The summed E-state index contributed by atoms with van der Waals surface area (Å²) in [7, 11) is 0. The second-order valence-electron chi connectivity index (χ2n) is 11.2. The van der Waals surface area contributed by atoms with E-state index >= 15 is 0 Å². The molecule has 0 bridgehead atoms. The molecule has 0 aliphatic carbocycles. The van der Waals surface area contributed by atoms with Crippen LogP contribution in [0.2, 0.25) is 0 Å². The topological polar surface area (TPSA) is 96.5 Å². The first-order valence-corrected chi connectivity index (χ1v) is 14.9. The van der Waals surface area contributed by atoms with Crippen molar-refractivity contribution in [2.45, 2.75) is 36.0 Å². The second kappa shape index (κ2) is 15.1. The Labute approximate surface area is 293 Å². The number of hydrogen-bond acceptors (Lipinski definition) is 5. The number of benzene rings is 5. The highest BCUT2D eigenvalue weighted by Gasteiger charge is 2.74. The van der Waals surface area contributed by atoms with Crippen LogP contribution in [-0.2, 0) is 11.1 Å². The predicted molar refractivity (Wildman–Crippen MR) is 173 cm³/mol. The van der Waals surface area contributed by atoms with Crippen LogP contribution in [0.15, 0.2) is 121 Å². The number of halogens is 12. The Morgan fingerprint density at radius 1 is 0.415 bits per heavy atom. The molecule has 1 atom stereocenters. The van der Waals surface area contributed by atoms with Gasteiger partial charge in [0.1, 0.15) is 23.0 Å². The van der Waals surface area contributed by atoms with Gasteiger partial charge in [-0.05, 0) is 72.8 Å². The van der Waals surface area contributed by atoms with Crippen LogP contribution >= 0.6 is 0 Å². The number of hydrogen-bond donors (Lipinski definition) is 3. The zero-order valence-electron chi connectivity index (χ0n) is 26.7. The van der Waals surface area contributed by atoms with Crippen LogP contribution in [0.4, 0.5) is 69.7 Å². The number of alkyl halides is 12. The van der Waals surface area contributed by atoms with Gasteiger partial charge in [0.15, 0.2) is 0 Å². The molecular formula is C36H27F12N3O2. The molecule has 5 aromatic rings. The molecule has 0 saturated heterocycles. The highest BCUT2D eigenvalue weighted by atomic mass is 19.4. The predicted octanol–water partition coefficient (Wildman–Crippen LogP) is 11.1. The minimum absolute atomic E-state index is 0.00584. The van der Waals surface area contributed by atoms with Gasteiger partial charge in [-0.25, -0.2) is 13.2 Å². The lowest BCUT2D eigenvalue weighted by molar-refractivity contribution is -0.289. The zero-order valence-corrected chi connectivity index (χ0v) is 26.7. The van der Waals surface area contributed by atoms with Gasteiger partial charge in [-0.15, -0.1) is 0 Å². The summed E-state index contributed by atoms with van der Waals surface area (Å²) in [5.74, 6) is -1.26. The smallest absolute Gasteiger partial charge is 0.432 e. The molecule has 0 aromatic heterocycles. The average Bonchev–Trinajstić information content (AvgIpc) is 3.07. The van der Waals surface area contributed by atoms with E-state index in [1.165, 1.54) is 60.7 Å². The van der Waals surface area contributed by atoms with E-state index in [4.69, 9.17) is 26.7 Å². The van der Waals surface area contributed by atoms with Crippen LogP contribution in [0.3, 0.4) is 0 Å². The Kier molecular flexibility index (Phi) is 11.4. The molecular weight excluding hydrogens is 734 g/mol. The number of anilines is 3. The average molecular weight is 762 g/mol. The van der Waals surface area contributed by atoms with Gasteiger partial charge in [-0.2, -0.15) is 39.5 Å². The molecule has 0 spiro atoms. The third kappa shape index (κ3) is 8.18. The Morgan fingerprint density at radius 3 is 1.04 bits per heavy atom. The first kappa shape index (κ1) is 40.0. The lowest BCUT2D eigenvalue weighted by Gasteiger charge is -2.39. The van der Waals surface area contributed by atoms with Crippen molar-refractivity contribution in [1.82, 2.24) is 0 Å². The van der Waals surface area contributed by atoms with Gasteiger partial charge in [-0.1, -0.05) is 48.5 Å². The van der Waals surface area contributed by atoms with E-state index in [0.717, 1.165) is 48.5 Å². The van der Waals surface area contributed by atoms with Crippen molar-refractivity contribution in [2.75, 3.05) is 17.2 Å². The Bertz CT molecular complexity index is 1860. The molecule has 0 amide bonds. The first-order valence-electron chi connectivity index (χ1n) is 14.9. The van der Waals surface area contributed by atoms with Crippen LogP contribution in [-0.4, -0.2) is 25.0 Å². The van der Waals surface area contributed by atoms with Crippen LogP contribution in [0.1, 0.15) is 16.7 Å². The summed E-state index contributed by atoms with van der Waals surface area (Å²) in [6.07, 6.45) is -21.6. The van der Waals surface area contributed by atoms with E-state index in [1.807, 2.05) is 0 Å². The Morgan fingerprint density at radius 2 is 0.736 bits per heavy atom. The van der Waals surface area contributed by atoms with Gasteiger partial charge < -0.3 is 26.7 Å². The van der Waals surface area contributed by atoms with Crippen LogP contribution < -0.4 is 26.7 Å². The van der Waals surface area contributed by atoms with Crippen LogP contribution in [0.25, 0.3) is 0 Å². The summed E-state index contributed by atoms with van der Waals surface area (Å²) < 4.78 is 175. The van der Waals surface area contributed by atoms with Gasteiger partial charge in [0.25, 0.3) is 12.1 Å². The monoisotopic (exact) mass is 761 g/mol. The van der Waals surface area contributed by atoms with Crippen molar-refractivity contribution in [3.63, 3.8) is 0 Å². The van der Waals surface area contributed by atoms with Crippen molar-refractivity contribution in [3.05, 3.63) is 138 Å². The number of nitrogen functional groups attached to an aromatic ring is 3. The minimum atomic E-state index is -5.85. The SMILES string of the molecule is Nc1ccc(C(F)(C(F)F)C(F)(F)F)cc1.Nc1ccc(Oc2ccccc2C(c2ccccc2Oc2ccc(N)cc2)(C(F)(F)F)C(F)(F)F)cc1. The molecule has 5 rings (SSSR count). The quantitative estimate of drug-likeness (QED) is 0.108. The fourth-order valence-corrected chi connectivity index (χ4v) is 5.11. The van der Waals surface area contributed by atoms with E-state index in [9.17, 15) is 52.7 Å². The van der Waals surface area contributed by atoms with Crippen molar-refractivity contribution in [3.8, 4) is 23.0 Å². The molecule has 17 heteroatoms. The van der Waals surface area contributed by atoms with E-state index < -0.39 is 64.2 Å². The molecule has 5 nitrogen and oxygen atoms in total. The van der Waals surface area contributed by atoms with Gasteiger partial charge in [0.05, 0.1) is 0 Å². The molecule has 282 valence electrons. The highest BCUT2D eigenvalue weighted by molar-refractivity contribution is 5.57. The first-order chi connectivity index (χ1) is 24.6. The Hall–Kier alpha value is -5.74. The summed E-state index contributed by atoms with van der Waals surface area (Å²) in [6.45, 7) is 0. The summed E-state index contributed by atoms with van der Waals surface area (Å²) >= 11 is 0. The minimum Gasteiger partial charge on any atom is -0.457 e. The van der Waals surface area contributed by atoms with Crippen molar-refractivity contribution in [2.24, 2.45) is 0 Å². The molecule has 0 heterocycles. The van der Waals surface area contributed by atoms with Crippen molar-refractivity contribution < 1.29 is 62.2 Å². The van der Waals surface area contributed by atoms with Gasteiger partial charge in [-0.3, -0.25) is 0 Å². The highest BCUT2D eigenvalue weighted by Crippen LogP contribution is 2.60. The Balaban J connectivity index is 0.000000328. The van der Waals surface area contributed by atoms with E-state index in [2.05, 4.69) is 0 Å². The molecule has 0 aliphatic rings. The summed E-state index contributed by atoms with van der Waals surface area (Å²) in [5, 5.41) is 0. The molecule has 0 aliphatic heterocycles. The zero-order chi connectivity index (χ0) is 39.4. The lowest BCUT2D eigenvalue weighted by Crippen LogP contribution is -2.55. The summed E-state index contributed by atoms with van der Waals surface area (Å²) in [5.41, 5.74) is 4.51. The largest absolute Gasteiger partial charge is 0.457 e. The van der Waals surface area contributed by atoms with Crippen LogP contribution in [0.5, 0.6) is 23.0 Å². The lowest BCUT2D eigenvalue weighted by atomic mass is 9.72. The maximum atomic E-state index is 14.9. The fourth-order valence-electron chi connectivity index (χ4n) is 5.11. The molecule has 5 aromatic carbocycles. The van der Waals surface area contributed by atoms with E-state index in [0.29, 0.717) is 23.5 Å². The standard InChI is InChI=1S/C27H20F6N2O2.C9H7F6N/c28-26(29,30)25(27(31,32)33,21-5-1-3-7-23(21)36-19-13-9-17(34)10-14-19)22-6-2-4-8-24(22)37-20-15-11-18(35)12-16-20;10-7(11)8(12,9(13,14)15)5-1-3-6(16)4-2-5/h1-16H,34-35H2;1-4,7H,16H2. The van der Waals surface area contributed by atoms with Gasteiger partial charge >= 0.3 is 18.5 Å². The normalized spacial score (nSPS) is 13.5. The summed E-state index contributed by atoms with van der Waals surface area (Å²) in [6, 6.07) is 22.4. The number of rotatable bonds is 8. The van der Waals surface area contributed by atoms with E-state index in [1.54, 1.807) is 0 Å².